The first-order valence-electron chi connectivity index (χ1n) is 7.59. The number of amides is 1. The highest BCUT2D eigenvalue weighted by Crippen LogP contribution is 2.34. The molecule has 0 aliphatic heterocycles. The van der Waals surface area contributed by atoms with Gasteiger partial charge in [0.25, 0.3) is 5.91 Å². The molecule has 126 valence electrons. The van der Waals surface area contributed by atoms with Crippen molar-refractivity contribution in [2.45, 2.75) is 13.8 Å². The van der Waals surface area contributed by atoms with Crippen LogP contribution in [0.15, 0.2) is 53.3 Å². The molecule has 1 amide bonds. The van der Waals surface area contributed by atoms with E-state index in [1.165, 1.54) is 17.5 Å². The van der Waals surface area contributed by atoms with Crippen molar-refractivity contribution in [2.24, 2.45) is 0 Å². The van der Waals surface area contributed by atoms with Crippen LogP contribution in [0.25, 0.3) is 0 Å². The molecule has 3 aromatic rings. The number of aromatic nitrogens is 1. The first kappa shape index (κ1) is 17.5. The van der Waals surface area contributed by atoms with Gasteiger partial charge in [-0.25, -0.2) is 0 Å². The normalized spacial score (nSPS) is 10.5. The summed E-state index contributed by atoms with van der Waals surface area (Å²) in [6.07, 6.45) is 3.11. The zero-order valence-corrected chi connectivity index (χ0v) is 16.1. The number of thiophene rings is 1. The van der Waals surface area contributed by atoms with Gasteiger partial charge in [0.2, 0.25) is 0 Å². The highest BCUT2D eigenvalue weighted by Gasteiger charge is 2.22. The van der Waals surface area contributed by atoms with Crippen LogP contribution >= 0.6 is 27.3 Å². The van der Waals surface area contributed by atoms with Crippen LogP contribution in [0.3, 0.4) is 0 Å². The molecule has 0 atom stereocenters. The van der Waals surface area contributed by atoms with E-state index in [0.29, 0.717) is 21.7 Å². The molecule has 1 aromatic carbocycles. The molecule has 2 heterocycles. The van der Waals surface area contributed by atoms with Crippen LogP contribution in [0.4, 0.5) is 5.00 Å². The molecule has 2 aromatic heterocycles. The van der Waals surface area contributed by atoms with Gasteiger partial charge in [0.15, 0.2) is 5.78 Å². The maximum atomic E-state index is 13.0. The summed E-state index contributed by atoms with van der Waals surface area (Å²) in [4.78, 5) is 30.3. The van der Waals surface area contributed by atoms with Crippen LogP contribution in [0.5, 0.6) is 0 Å². The number of pyridine rings is 1. The molecule has 0 aliphatic rings. The third-order valence-electron chi connectivity index (χ3n) is 3.87. The van der Waals surface area contributed by atoms with E-state index in [4.69, 9.17) is 0 Å². The average molecular weight is 415 g/mol. The van der Waals surface area contributed by atoms with E-state index in [1.54, 1.807) is 30.5 Å². The molecule has 0 fully saturated rings. The Morgan fingerprint density at radius 1 is 1.08 bits per heavy atom. The SMILES string of the molecule is Cc1sc(NC(=O)c2cccnc2)c(C(=O)c2ccc(Br)cc2)c1C. The van der Waals surface area contributed by atoms with E-state index < -0.39 is 0 Å². The molecule has 0 saturated heterocycles. The van der Waals surface area contributed by atoms with Crippen LogP contribution in [-0.4, -0.2) is 16.7 Å². The number of anilines is 1. The molecular formula is C19H15BrN2O2S. The Morgan fingerprint density at radius 3 is 2.44 bits per heavy atom. The minimum absolute atomic E-state index is 0.101. The molecule has 25 heavy (non-hydrogen) atoms. The molecule has 0 spiro atoms. The standard InChI is InChI=1S/C19H15BrN2O2S/c1-11-12(2)25-19(22-18(24)14-4-3-9-21-10-14)16(11)17(23)13-5-7-15(20)8-6-13/h3-10H,1-2H3,(H,22,24). The summed E-state index contributed by atoms with van der Waals surface area (Å²) in [6.45, 7) is 3.84. The first-order chi connectivity index (χ1) is 12.0. The van der Waals surface area contributed by atoms with Gasteiger partial charge in [0, 0.05) is 27.3 Å². The first-order valence-corrected chi connectivity index (χ1v) is 9.20. The zero-order valence-electron chi connectivity index (χ0n) is 13.7. The third kappa shape index (κ3) is 3.70. The van der Waals surface area contributed by atoms with Crippen molar-refractivity contribution in [3.05, 3.63) is 80.4 Å². The molecule has 0 radical (unpaired) electrons. The van der Waals surface area contributed by atoms with Gasteiger partial charge in [-0.05, 0) is 55.8 Å². The van der Waals surface area contributed by atoms with Gasteiger partial charge in [0.1, 0.15) is 5.00 Å². The molecule has 0 aliphatic carbocycles. The summed E-state index contributed by atoms with van der Waals surface area (Å²) in [6, 6.07) is 10.6. The van der Waals surface area contributed by atoms with Gasteiger partial charge in [-0.15, -0.1) is 11.3 Å². The van der Waals surface area contributed by atoms with Gasteiger partial charge >= 0.3 is 0 Å². The predicted octanol–water partition coefficient (Wildman–Crippen LogP) is 5.01. The lowest BCUT2D eigenvalue weighted by molar-refractivity contribution is 0.102. The molecule has 1 N–H and O–H groups in total. The molecule has 4 nitrogen and oxygen atoms in total. The number of halogens is 1. The Hall–Kier alpha value is -2.31. The van der Waals surface area contributed by atoms with Crippen LogP contribution in [0, 0.1) is 13.8 Å². The molecular weight excluding hydrogens is 400 g/mol. The van der Waals surface area contributed by atoms with Crippen molar-refractivity contribution >= 4 is 44.0 Å². The van der Waals surface area contributed by atoms with Crippen LogP contribution in [-0.2, 0) is 0 Å². The van der Waals surface area contributed by atoms with E-state index in [1.807, 2.05) is 26.0 Å². The number of rotatable bonds is 4. The van der Waals surface area contributed by atoms with E-state index in [2.05, 4.69) is 26.2 Å². The monoisotopic (exact) mass is 414 g/mol. The number of nitrogens with zero attached hydrogens (tertiary/aromatic N) is 1. The average Bonchev–Trinajstić information content (AvgIpc) is 2.89. The van der Waals surface area contributed by atoms with Crippen molar-refractivity contribution in [1.82, 2.24) is 4.98 Å². The maximum absolute atomic E-state index is 13.0. The quantitative estimate of drug-likeness (QED) is 0.610. The van der Waals surface area contributed by atoms with Crippen molar-refractivity contribution in [1.29, 1.82) is 0 Å². The number of ketones is 1. The van der Waals surface area contributed by atoms with Gasteiger partial charge in [-0.1, -0.05) is 15.9 Å². The Balaban J connectivity index is 1.96. The molecule has 0 unspecified atom stereocenters. The Labute approximate surface area is 158 Å². The minimum Gasteiger partial charge on any atom is -0.313 e. The lowest BCUT2D eigenvalue weighted by atomic mass is 10.0. The largest absolute Gasteiger partial charge is 0.313 e. The van der Waals surface area contributed by atoms with Crippen molar-refractivity contribution in [3.63, 3.8) is 0 Å². The Morgan fingerprint density at radius 2 is 1.80 bits per heavy atom. The van der Waals surface area contributed by atoms with Crippen molar-refractivity contribution < 1.29 is 9.59 Å². The Bertz CT molecular complexity index is 934. The minimum atomic E-state index is -0.279. The second-order valence-electron chi connectivity index (χ2n) is 5.52. The number of hydrogen-bond acceptors (Lipinski definition) is 4. The molecule has 3 rings (SSSR count). The topological polar surface area (TPSA) is 59.1 Å². The summed E-state index contributed by atoms with van der Waals surface area (Å²) in [5.74, 6) is -0.380. The van der Waals surface area contributed by atoms with Crippen LogP contribution < -0.4 is 5.32 Å². The lowest BCUT2D eigenvalue weighted by Crippen LogP contribution is -2.14. The van der Waals surface area contributed by atoms with Gasteiger partial charge in [-0.2, -0.15) is 0 Å². The summed E-state index contributed by atoms with van der Waals surface area (Å²) in [7, 11) is 0. The molecule has 0 bridgehead atoms. The highest BCUT2D eigenvalue weighted by molar-refractivity contribution is 9.10. The fourth-order valence-electron chi connectivity index (χ4n) is 2.41. The number of carbonyl (C=O) groups excluding carboxylic acids is 2. The summed E-state index contributed by atoms with van der Waals surface area (Å²) < 4.78 is 0.910. The number of nitrogens with one attached hydrogen (secondary N) is 1. The molecule has 6 heteroatoms. The fraction of sp³-hybridized carbons (Fsp3) is 0.105. The second kappa shape index (κ2) is 7.29. The second-order valence-corrected chi connectivity index (χ2v) is 7.66. The van der Waals surface area contributed by atoms with Crippen LogP contribution in [0.1, 0.15) is 36.7 Å². The van der Waals surface area contributed by atoms with Crippen LogP contribution in [0.2, 0.25) is 0 Å². The lowest BCUT2D eigenvalue weighted by Gasteiger charge is -2.07. The smallest absolute Gasteiger partial charge is 0.257 e. The number of carbonyl (C=O) groups is 2. The number of hydrogen-bond donors (Lipinski definition) is 1. The van der Waals surface area contributed by atoms with Gasteiger partial charge in [-0.3, -0.25) is 14.6 Å². The number of benzene rings is 1. The van der Waals surface area contributed by atoms with Crippen molar-refractivity contribution in [2.75, 3.05) is 5.32 Å². The predicted molar refractivity (Wildman–Crippen MR) is 104 cm³/mol. The molecule has 0 saturated carbocycles. The summed E-state index contributed by atoms with van der Waals surface area (Å²) in [5.41, 5.74) is 2.47. The van der Waals surface area contributed by atoms with E-state index in [-0.39, 0.29) is 11.7 Å². The number of aryl methyl sites for hydroxylation is 1. The third-order valence-corrected chi connectivity index (χ3v) is 5.52. The van der Waals surface area contributed by atoms with E-state index in [9.17, 15) is 9.59 Å². The van der Waals surface area contributed by atoms with Gasteiger partial charge in [0.05, 0.1) is 11.1 Å². The van der Waals surface area contributed by atoms with Crippen molar-refractivity contribution in [3.8, 4) is 0 Å². The summed E-state index contributed by atoms with van der Waals surface area (Å²) >= 11 is 4.78. The Kier molecular flexibility index (Phi) is 5.11. The highest BCUT2D eigenvalue weighted by atomic mass is 79.9. The van der Waals surface area contributed by atoms with Gasteiger partial charge < -0.3 is 5.32 Å². The summed E-state index contributed by atoms with van der Waals surface area (Å²) in [5, 5.41) is 3.43. The van der Waals surface area contributed by atoms with E-state index >= 15 is 0 Å². The van der Waals surface area contributed by atoms with E-state index in [0.717, 1.165) is 14.9 Å². The fourth-order valence-corrected chi connectivity index (χ4v) is 3.72. The maximum Gasteiger partial charge on any atom is 0.257 e. The zero-order chi connectivity index (χ0) is 18.0.